The van der Waals surface area contributed by atoms with Gasteiger partial charge in [0, 0.05) is 16.7 Å². The summed E-state index contributed by atoms with van der Waals surface area (Å²) in [7, 11) is 0. The maximum Gasteiger partial charge on any atom is 0.0646 e. The highest BCUT2D eigenvalue weighted by molar-refractivity contribution is 9.10. The van der Waals surface area contributed by atoms with Gasteiger partial charge in [-0.25, -0.2) is 0 Å². The molecule has 0 amide bonds. The number of aryl methyl sites for hydroxylation is 1. The second-order valence-electron chi connectivity index (χ2n) is 4.87. The maximum atomic E-state index is 5.64. The minimum absolute atomic E-state index is 0.0633. The van der Waals surface area contributed by atoms with Gasteiger partial charge in [-0.3, -0.25) is 0 Å². The van der Waals surface area contributed by atoms with Gasteiger partial charge in [-0.05, 0) is 61.3 Å². The largest absolute Gasteiger partial charge is 0.382 e. The Hall–Kier alpha value is -0.540. The van der Waals surface area contributed by atoms with Crippen molar-refractivity contribution < 1.29 is 4.74 Å². The molecule has 0 radical (unpaired) electrons. The smallest absolute Gasteiger partial charge is 0.0646 e. The van der Waals surface area contributed by atoms with Gasteiger partial charge >= 0.3 is 0 Å². The van der Waals surface area contributed by atoms with Crippen LogP contribution in [0.3, 0.4) is 0 Å². The molecule has 0 unspecified atom stereocenters. The molecule has 0 heterocycles. The van der Waals surface area contributed by atoms with Crippen LogP contribution in [0.1, 0.15) is 26.3 Å². The molecule has 1 aromatic rings. The molecule has 0 saturated carbocycles. The molecule has 2 nitrogen and oxygen atoms in total. The van der Waals surface area contributed by atoms with Crippen LogP contribution in [0.25, 0.3) is 0 Å². The van der Waals surface area contributed by atoms with Crippen molar-refractivity contribution in [2.75, 3.05) is 18.5 Å². The Morgan fingerprint density at radius 2 is 2.00 bits per heavy atom. The molecule has 1 aromatic carbocycles. The average Bonchev–Trinajstić information content (AvgIpc) is 2.13. The molecule has 0 spiro atoms. The Labute approximate surface area is 107 Å². The lowest BCUT2D eigenvalue weighted by Crippen LogP contribution is -2.23. The Kier molecular flexibility index (Phi) is 4.81. The lowest BCUT2D eigenvalue weighted by molar-refractivity contribution is 0.00333. The van der Waals surface area contributed by atoms with Crippen molar-refractivity contribution in [3.63, 3.8) is 0 Å². The third kappa shape index (κ3) is 4.99. The molecule has 16 heavy (non-hydrogen) atoms. The van der Waals surface area contributed by atoms with Crippen LogP contribution in [0.4, 0.5) is 5.69 Å². The van der Waals surface area contributed by atoms with E-state index in [4.69, 9.17) is 4.74 Å². The molecule has 0 aliphatic rings. The van der Waals surface area contributed by atoms with E-state index in [1.165, 1.54) is 5.56 Å². The van der Waals surface area contributed by atoms with Gasteiger partial charge in [0.2, 0.25) is 0 Å². The highest BCUT2D eigenvalue weighted by atomic mass is 79.9. The maximum absolute atomic E-state index is 5.64. The van der Waals surface area contributed by atoms with Gasteiger partial charge in [0.05, 0.1) is 12.2 Å². The summed E-state index contributed by atoms with van der Waals surface area (Å²) in [5.41, 5.74) is 2.30. The lowest BCUT2D eigenvalue weighted by atomic mass is 10.2. The molecule has 0 aliphatic carbocycles. The second kappa shape index (κ2) is 5.69. The van der Waals surface area contributed by atoms with Crippen molar-refractivity contribution in [3.05, 3.63) is 28.2 Å². The summed E-state index contributed by atoms with van der Waals surface area (Å²) in [6.45, 7) is 9.80. The van der Waals surface area contributed by atoms with E-state index in [1.54, 1.807) is 0 Å². The molecule has 0 saturated heterocycles. The van der Waals surface area contributed by atoms with E-state index in [0.717, 1.165) is 16.7 Å². The topological polar surface area (TPSA) is 21.3 Å². The minimum Gasteiger partial charge on any atom is -0.382 e. The van der Waals surface area contributed by atoms with E-state index in [9.17, 15) is 0 Å². The Bertz CT molecular complexity index is 344. The first-order valence-electron chi connectivity index (χ1n) is 5.52. The quantitative estimate of drug-likeness (QED) is 0.845. The van der Waals surface area contributed by atoms with Gasteiger partial charge in [-0.2, -0.15) is 0 Å². The van der Waals surface area contributed by atoms with E-state index in [0.29, 0.717) is 6.61 Å². The summed E-state index contributed by atoms with van der Waals surface area (Å²) < 4.78 is 6.74. The monoisotopic (exact) mass is 285 g/mol. The standard InChI is InChI=1S/C13H20BrNO/c1-10-5-6-12(11(14)9-10)15-7-8-16-13(2,3)4/h5-6,9,15H,7-8H2,1-4H3. The Balaban J connectivity index is 2.38. The van der Waals surface area contributed by atoms with E-state index in [-0.39, 0.29) is 5.60 Å². The van der Waals surface area contributed by atoms with Crippen molar-refractivity contribution in [2.45, 2.75) is 33.3 Å². The predicted octanol–water partition coefficient (Wildman–Crippen LogP) is 3.98. The van der Waals surface area contributed by atoms with Crippen LogP contribution in [0, 0.1) is 6.92 Å². The van der Waals surface area contributed by atoms with Crippen molar-refractivity contribution in [1.82, 2.24) is 0 Å². The molecule has 90 valence electrons. The summed E-state index contributed by atoms with van der Waals surface area (Å²) in [6, 6.07) is 6.28. The van der Waals surface area contributed by atoms with Crippen LogP contribution in [0.2, 0.25) is 0 Å². The summed E-state index contributed by atoms with van der Waals surface area (Å²) in [5, 5.41) is 3.34. The zero-order valence-corrected chi connectivity index (χ0v) is 12.0. The fourth-order valence-electron chi connectivity index (χ4n) is 1.31. The normalized spacial score (nSPS) is 11.6. The molecule has 0 fully saturated rings. The van der Waals surface area contributed by atoms with Gasteiger partial charge in [0.25, 0.3) is 0 Å². The lowest BCUT2D eigenvalue weighted by Gasteiger charge is -2.20. The number of hydrogen-bond donors (Lipinski definition) is 1. The molecule has 0 aromatic heterocycles. The van der Waals surface area contributed by atoms with Crippen molar-refractivity contribution in [1.29, 1.82) is 0 Å². The van der Waals surface area contributed by atoms with Crippen molar-refractivity contribution in [2.24, 2.45) is 0 Å². The number of hydrogen-bond acceptors (Lipinski definition) is 2. The first kappa shape index (κ1) is 13.5. The van der Waals surface area contributed by atoms with Crippen LogP contribution in [0.5, 0.6) is 0 Å². The molecule has 1 N–H and O–H groups in total. The van der Waals surface area contributed by atoms with E-state index in [2.05, 4.69) is 67.1 Å². The molecular weight excluding hydrogens is 266 g/mol. The summed E-state index contributed by atoms with van der Waals surface area (Å²) in [4.78, 5) is 0. The number of halogens is 1. The number of nitrogens with one attached hydrogen (secondary N) is 1. The molecular formula is C13H20BrNO. The summed E-state index contributed by atoms with van der Waals surface area (Å²) in [5.74, 6) is 0. The fraction of sp³-hybridized carbons (Fsp3) is 0.538. The highest BCUT2D eigenvalue weighted by Crippen LogP contribution is 2.23. The second-order valence-corrected chi connectivity index (χ2v) is 5.73. The molecule has 0 bridgehead atoms. The first-order valence-corrected chi connectivity index (χ1v) is 6.32. The van der Waals surface area contributed by atoms with Gasteiger partial charge in [-0.1, -0.05) is 6.07 Å². The SMILES string of the molecule is Cc1ccc(NCCOC(C)(C)C)c(Br)c1. The summed E-state index contributed by atoms with van der Waals surface area (Å²) in [6.07, 6.45) is 0. The third-order valence-corrected chi connectivity index (χ3v) is 2.73. The number of rotatable bonds is 4. The Morgan fingerprint density at radius 3 is 2.56 bits per heavy atom. The van der Waals surface area contributed by atoms with Crippen LogP contribution < -0.4 is 5.32 Å². The van der Waals surface area contributed by atoms with Crippen LogP contribution in [-0.4, -0.2) is 18.8 Å². The molecule has 3 heteroatoms. The van der Waals surface area contributed by atoms with Crippen LogP contribution in [0.15, 0.2) is 22.7 Å². The predicted molar refractivity (Wildman–Crippen MR) is 73.1 cm³/mol. The van der Waals surface area contributed by atoms with Gasteiger partial charge < -0.3 is 10.1 Å². The van der Waals surface area contributed by atoms with E-state index >= 15 is 0 Å². The van der Waals surface area contributed by atoms with Crippen LogP contribution in [-0.2, 0) is 4.74 Å². The molecule has 0 atom stereocenters. The molecule has 1 rings (SSSR count). The number of benzene rings is 1. The number of anilines is 1. The highest BCUT2D eigenvalue weighted by Gasteiger charge is 2.09. The van der Waals surface area contributed by atoms with Gasteiger partial charge in [-0.15, -0.1) is 0 Å². The zero-order chi connectivity index (χ0) is 12.2. The first-order chi connectivity index (χ1) is 7.38. The average molecular weight is 286 g/mol. The third-order valence-electron chi connectivity index (χ3n) is 2.08. The summed E-state index contributed by atoms with van der Waals surface area (Å²) >= 11 is 3.54. The Morgan fingerprint density at radius 1 is 1.31 bits per heavy atom. The van der Waals surface area contributed by atoms with Crippen LogP contribution >= 0.6 is 15.9 Å². The van der Waals surface area contributed by atoms with Crippen molar-refractivity contribution >= 4 is 21.6 Å². The fourth-order valence-corrected chi connectivity index (χ4v) is 1.94. The van der Waals surface area contributed by atoms with Crippen molar-refractivity contribution in [3.8, 4) is 0 Å². The zero-order valence-electron chi connectivity index (χ0n) is 10.4. The van der Waals surface area contributed by atoms with E-state index < -0.39 is 0 Å². The van der Waals surface area contributed by atoms with Gasteiger partial charge in [0.1, 0.15) is 0 Å². The molecule has 0 aliphatic heterocycles. The number of ether oxygens (including phenoxy) is 1. The van der Waals surface area contributed by atoms with Gasteiger partial charge in [0.15, 0.2) is 0 Å². The minimum atomic E-state index is -0.0633. The van der Waals surface area contributed by atoms with E-state index in [1.807, 2.05) is 0 Å².